The topological polar surface area (TPSA) is 56.1 Å². The van der Waals surface area contributed by atoms with Gasteiger partial charge >= 0.3 is 0 Å². The molecule has 0 spiro atoms. The molecular weight excluding hydrogens is 374 g/mol. The van der Waals surface area contributed by atoms with Crippen LogP contribution in [-0.4, -0.2) is 22.8 Å². The van der Waals surface area contributed by atoms with Crippen LogP contribution in [0.25, 0.3) is 16.9 Å². The van der Waals surface area contributed by atoms with Gasteiger partial charge in [-0.15, -0.1) is 0 Å². The van der Waals surface area contributed by atoms with E-state index in [9.17, 15) is 4.79 Å². The summed E-state index contributed by atoms with van der Waals surface area (Å²) in [6.07, 6.45) is 0. The molecule has 1 N–H and O–H groups in total. The van der Waals surface area contributed by atoms with Crippen LogP contribution in [0.5, 0.6) is 5.88 Å². The summed E-state index contributed by atoms with van der Waals surface area (Å²) in [4.78, 5) is 13.4. The molecule has 0 aliphatic rings. The lowest BCUT2D eigenvalue weighted by Gasteiger charge is -2.15. The second-order valence-electron chi connectivity index (χ2n) is 6.95. The lowest BCUT2D eigenvalue weighted by Crippen LogP contribution is -2.27. The Hall–Kier alpha value is -3.86. The smallest absolute Gasteiger partial charge is 0.259 e. The predicted molar refractivity (Wildman–Crippen MR) is 118 cm³/mol. The summed E-state index contributed by atoms with van der Waals surface area (Å²) in [7, 11) is 1.56. The largest absolute Gasteiger partial charge is 0.480 e. The molecule has 5 heteroatoms. The first-order valence-electron chi connectivity index (χ1n) is 9.82. The molecule has 1 atom stereocenters. The Balaban J connectivity index is 1.80. The minimum Gasteiger partial charge on any atom is -0.480 e. The zero-order chi connectivity index (χ0) is 20.9. The fourth-order valence-electron chi connectivity index (χ4n) is 3.43. The van der Waals surface area contributed by atoms with Crippen LogP contribution in [0.4, 0.5) is 0 Å². The third-order valence-electron chi connectivity index (χ3n) is 4.96. The first-order valence-corrected chi connectivity index (χ1v) is 9.82. The summed E-state index contributed by atoms with van der Waals surface area (Å²) >= 11 is 0. The standard InChI is InChI=1S/C25H23N3O2/c1-18(19-12-6-3-7-13-19)26-24(29)22-23(20-14-8-4-9-15-20)27-28(25(22)30-2)21-16-10-5-11-17-21/h3-18H,1-2H3,(H,26,29)/t18-/m1/s1. The first kappa shape index (κ1) is 19.5. The van der Waals surface area contributed by atoms with E-state index >= 15 is 0 Å². The van der Waals surface area contributed by atoms with Gasteiger partial charge in [0.15, 0.2) is 0 Å². The molecule has 0 unspecified atom stereocenters. The minimum absolute atomic E-state index is 0.160. The molecule has 1 aromatic heterocycles. The molecule has 1 amide bonds. The van der Waals surface area contributed by atoms with Crippen molar-refractivity contribution in [3.8, 4) is 22.8 Å². The Morgan fingerprint density at radius 2 is 1.47 bits per heavy atom. The number of ether oxygens (including phenoxy) is 1. The van der Waals surface area contributed by atoms with Crippen molar-refractivity contribution in [3.05, 3.63) is 102 Å². The molecule has 0 saturated carbocycles. The molecule has 1 heterocycles. The predicted octanol–water partition coefficient (Wildman–Crippen LogP) is 5.04. The number of para-hydroxylation sites is 1. The summed E-state index contributed by atoms with van der Waals surface area (Å²) in [6.45, 7) is 1.96. The van der Waals surface area contributed by atoms with E-state index in [1.807, 2.05) is 97.9 Å². The van der Waals surface area contributed by atoms with Crippen LogP contribution in [0.1, 0.15) is 28.9 Å². The lowest BCUT2D eigenvalue weighted by molar-refractivity contribution is 0.0937. The molecule has 0 fully saturated rings. The van der Waals surface area contributed by atoms with Gasteiger partial charge in [0.25, 0.3) is 5.91 Å². The Morgan fingerprint density at radius 3 is 2.07 bits per heavy atom. The van der Waals surface area contributed by atoms with E-state index in [-0.39, 0.29) is 11.9 Å². The molecule has 150 valence electrons. The van der Waals surface area contributed by atoms with Gasteiger partial charge in [-0.1, -0.05) is 78.9 Å². The Labute approximate surface area is 175 Å². The maximum absolute atomic E-state index is 13.4. The number of nitrogens with zero attached hydrogens (tertiary/aromatic N) is 2. The van der Waals surface area contributed by atoms with Crippen LogP contribution in [0.2, 0.25) is 0 Å². The average Bonchev–Trinajstić information content (AvgIpc) is 3.20. The van der Waals surface area contributed by atoms with E-state index in [1.165, 1.54) is 0 Å². The van der Waals surface area contributed by atoms with Gasteiger partial charge in [0.05, 0.1) is 18.8 Å². The number of rotatable bonds is 6. The molecule has 0 aliphatic carbocycles. The van der Waals surface area contributed by atoms with Crippen LogP contribution >= 0.6 is 0 Å². The summed E-state index contributed by atoms with van der Waals surface area (Å²) in [5.74, 6) is 0.169. The average molecular weight is 397 g/mol. The van der Waals surface area contributed by atoms with Gasteiger partial charge < -0.3 is 10.1 Å². The van der Waals surface area contributed by atoms with Crippen molar-refractivity contribution in [2.24, 2.45) is 0 Å². The SMILES string of the molecule is COc1c(C(=O)N[C@H](C)c2ccccc2)c(-c2ccccc2)nn1-c1ccccc1. The van der Waals surface area contributed by atoms with Gasteiger partial charge in [-0.3, -0.25) is 4.79 Å². The minimum atomic E-state index is -0.232. The van der Waals surface area contributed by atoms with Crippen LogP contribution in [0.15, 0.2) is 91.0 Å². The molecule has 4 rings (SSSR count). The van der Waals surface area contributed by atoms with Crippen LogP contribution in [-0.2, 0) is 0 Å². The molecule has 0 saturated heterocycles. The van der Waals surface area contributed by atoms with Crippen LogP contribution in [0, 0.1) is 0 Å². The Bertz CT molecular complexity index is 1120. The van der Waals surface area contributed by atoms with E-state index in [1.54, 1.807) is 11.8 Å². The molecule has 4 aromatic rings. The monoisotopic (exact) mass is 397 g/mol. The highest BCUT2D eigenvalue weighted by Crippen LogP contribution is 2.33. The maximum Gasteiger partial charge on any atom is 0.259 e. The number of benzene rings is 3. The summed E-state index contributed by atoms with van der Waals surface area (Å²) in [5.41, 5.74) is 3.69. The first-order chi connectivity index (χ1) is 14.7. The Morgan fingerprint density at radius 1 is 0.900 bits per heavy atom. The van der Waals surface area contributed by atoms with Crippen molar-refractivity contribution in [2.45, 2.75) is 13.0 Å². The highest BCUT2D eigenvalue weighted by Gasteiger charge is 2.27. The third-order valence-corrected chi connectivity index (χ3v) is 4.96. The number of nitrogens with one attached hydrogen (secondary N) is 1. The number of aromatic nitrogens is 2. The van der Waals surface area contributed by atoms with Gasteiger partial charge in [-0.05, 0) is 24.6 Å². The fraction of sp³-hybridized carbons (Fsp3) is 0.120. The lowest BCUT2D eigenvalue weighted by atomic mass is 10.1. The number of carbonyl (C=O) groups excluding carboxylic acids is 1. The summed E-state index contributed by atoms with van der Waals surface area (Å²) < 4.78 is 7.35. The van der Waals surface area contributed by atoms with Crippen molar-refractivity contribution >= 4 is 5.91 Å². The number of methoxy groups -OCH3 is 1. The van der Waals surface area contributed by atoms with E-state index in [0.717, 1.165) is 16.8 Å². The van der Waals surface area contributed by atoms with Crippen molar-refractivity contribution in [1.82, 2.24) is 15.1 Å². The van der Waals surface area contributed by atoms with E-state index in [0.29, 0.717) is 17.1 Å². The van der Waals surface area contributed by atoms with Crippen LogP contribution < -0.4 is 10.1 Å². The second kappa shape index (κ2) is 8.66. The number of amides is 1. The molecule has 3 aromatic carbocycles. The molecule has 0 radical (unpaired) electrons. The zero-order valence-electron chi connectivity index (χ0n) is 16.9. The highest BCUT2D eigenvalue weighted by atomic mass is 16.5. The molecule has 30 heavy (non-hydrogen) atoms. The van der Waals surface area contributed by atoms with Crippen molar-refractivity contribution < 1.29 is 9.53 Å². The second-order valence-corrected chi connectivity index (χ2v) is 6.95. The maximum atomic E-state index is 13.4. The number of hydrogen-bond donors (Lipinski definition) is 1. The van der Waals surface area contributed by atoms with E-state index < -0.39 is 0 Å². The van der Waals surface area contributed by atoms with E-state index in [4.69, 9.17) is 9.84 Å². The molecule has 0 aliphatic heterocycles. The molecule has 0 bridgehead atoms. The van der Waals surface area contributed by atoms with Gasteiger partial charge in [0.1, 0.15) is 11.3 Å². The van der Waals surface area contributed by atoms with Crippen molar-refractivity contribution in [3.63, 3.8) is 0 Å². The van der Waals surface area contributed by atoms with Gasteiger partial charge in [0, 0.05) is 5.56 Å². The third kappa shape index (κ3) is 3.82. The zero-order valence-corrected chi connectivity index (χ0v) is 16.9. The normalized spacial score (nSPS) is 11.7. The summed E-state index contributed by atoms with van der Waals surface area (Å²) in [6, 6.07) is 29.0. The number of hydrogen-bond acceptors (Lipinski definition) is 3. The Kier molecular flexibility index (Phi) is 5.61. The highest BCUT2D eigenvalue weighted by molar-refractivity contribution is 6.02. The van der Waals surface area contributed by atoms with E-state index in [2.05, 4.69) is 5.32 Å². The van der Waals surface area contributed by atoms with Gasteiger partial charge in [-0.2, -0.15) is 9.78 Å². The molecule has 5 nitrogen and oxygen atoms in total. The summed E-state index contributed by atoms with van der Waals surface area (Å²) in [5, 5.41) is 7.84. The number of carbonyl (C=O) groups is 1. The van der Waals surface area contributed by atoms with Crippen molar-refractivity contribution in [2.75, 3.05) is 7.11 Å². The molecular formula is C25H23N3O2. The van der Waals surface area contributed by atoms with Crippen molar-refractivity contribution in [1.29, 1.82) is 0 Å². The quantitative estimate of drug-likeness (QED) is 0.496. The fourth-order valence-corrected chi connectivity index (χ4v) is 3.43. The van der Waals surface area contributed by atoms with Gasteiger partial charge in [-0.25, -0.2) is 0 Å². The van der Waals surface area contributed by atoms with Gasteiger partial charge in [0.2, 0.25) is 5.88 Å². The van der Waals surface area contributed by atoms with Crippen LogP contribution in [0.3, 0.4) is 0 Å².